The molecule has 0 radical (unpaired) electrons. The molecule has 4 N–H and O–H groups in total. The fourth-order valence-corrected chi connectivity index (χ4v) is 2.76. The predicted octanol–water partition coefficient (Wildman–Crippen LogP) is -0.306. The number of hydrogen-bond donors (Lipinski definition) is 3. The van der Waals surface area contributed by atoms with Crippen molar-refractivity contribution >= 4 is 16.3 Å². The lowest BCUT2D eigenvalue weighted by Gasteiger charge is -2.26. The van der Waals surface area contributed by atoms with E-state index in [0.29, 0.717) is 6.54 Å². The second-order valence-electron chi connectivity index (χ2n) is 4.24. The summed E-state index contributed by atoms with van der Waals surface area (Å²) in [6, 6.07) is 0.145. The summed E-state index contributed by atoms with van der Waals surface area (Å²) in [5.74, 6) is 0.230. The molecule has 0 aliphatic heterocycles. The molecule has 8 heteroatoms. The van der Waals surface area contributed by atoms with Crippen molar-refractivity contribution in [3.05, 3.63) is 0 Å². The number of rotatable bonds is 4. The number of amides is 1. The number of carbonyl (C=O) groups excluding carboxylic acids is 1. The maximum absolute atomic E-state index is 11.4. The molecular formula is C9H19N3O4S. The van der Waals surface area contributed by atoms with Crippen molar-refractivity contribution in [2.75, 3.05) is 13.7 Å². The molecule has 0 aromatic heterocycles. The maximum atomic E-state index is 11.4. The van der Waals surface area contributed by atoms with Crippen molar-refractivity contribution < 1.29 is 17.9 Å². The molecule has 0 saturated heterocycles. The number of nitrogens with two attached hydrogens (primary N) is 1. The van der Waals surface area contributed by atoms with Gasteiger partial charge < -0.3 is 10.5 Å². The summed E-state index contributed by atoms with van der Waals surface area (Å²) < 4.78 is 31.0. The Morgan fingerprint density at radius 3 is 2.76 bits per heavy atom. The van der Waals surface area contributed by atoms with E-state index < -0.39 is 16.3 Å². The van der Waals surface area contributed by atoms with Gasteiger partial charge in [-0.2, -0.15) is 13.1 Å². The Hall–Kier alpha value is -0.860. The molecule has 2 atom stereocenters. The van der Waals surface area contributed by atoms with Gasteiger partial charge in [-0.1, -0.05) is 6.42 Å². The van der Waals surface area contributed by atoms with Crippen LogP contribution < -0.4 is 15.2 Å². The molecule has 1 rings (SSSR count). The third-order valence-corrected chi connectivity index (χ3v) is 3.77. The van der Waals surface area contributed by atoms with E-state index in [9.17, 15) is 13.2 Å². The third-order valence-electron chi connectivity index (χ3n) is 2.79. The molecule has 0 spiro atoms. The second kappa shape index (κ2) is 6.18. The van der Waals surface area contributed by atoms with Crippen LogP contribution in [0.3, 0.4) is 0 Å². The lowest BCUT2D eigenvalue weighted by molar-refractivity contribution is 0.177. The quantitative estimate of drug-likeness (QED) is 0.646. The first kappa shape index (κ1) is 14.2. The van der Waals surface area contributed by atoms with Crippen molar-refractivity contribution in [2.45, 2.75) is 31.7 Å². The zero-order valence-corrected chi connectivity index (χ0v) is 10.6. The number of hydrogen-bond acceptors (Lipinski definition) is 5. The zero-order valence-electron chi connectivity index (χ0n) is 9.81. The van der Waals surface area contributed by atoms with Crippen LogP contribution in [0.4, 0.5) is 4.79 Å². The molecule has 0 heterocycles. The topological polar surface area (TPSA) is 111 Å². The fourth-order valence-electron chi connectivity index (χ4n) is 1.93. The molecule has 2 unspecified atom stereocenters. The Morgan fingerprint density at radius 1 is 1.47 bits per heavy atom. The molecular weight excluding hydrogens is 246 g/mol. The molecule has 0 aromatic carbocycles. The van der Waals surface area contributed by atoms with Crippen molar-refractivity contribution in [3.8, 4) is 0 Å². The molecule has 1 aliphatic carbocycles. The third kappa shape index (κ3) is 5.33. The molecule has 7 nitrogen and oxygen atoms in total. The zero-order chi connectivity index (χ0) is 12.9. The van der Waals surface area contributed by atoms with Crippen LogP contribution in [0, 0.1) is 5.92 Å². The van der Waals surface area contributed by atoms with Crippen LogP contribution in [-0.2, 0) is 14.9 Å². The standard InChI is InChI=1S/C9H19N3O4S/c1-16-9(13)12-17(14,15)11-6-7-3-2-4-8(10)5-7/h7-8,11H,2-6,10H2,1H3,(H,12,13). The Labute approximate surface area is 101 Å². The van der Waals surface area contributed by atoms with Gasteiger partial charge in [-0.05, 0) is 25.2 Å². The summed E-state index contributed by atoms with van der Waals surface area (Å²) in [7, 11) is -2.72. The Balaban J connectivity index is 2.36. The average molecular weight is 265 g/mol. The van der Waals surface area contributed by atoms with Gasteiger partial charge in [0.1, 0.15) is 0 Å². The largest absolute Gasteiger partial charge is 0.452 e. The van der Waals surface area contributed by atoms with Crippen LogP contribution in [-0.4, -0.2) is 34.2 Å². The second-order valence-corrected chi connectivity index (χ2v) is 5.74. The minimum atomic E-state index is -3.83. The van der Waals surface area contributed by atoms with Gasteiger partial charge >= 0.3 is 16.3 Å². The maximum Gasteiger partial charge on any atom is 0.421 e. The highest BCUT2D eigenvalue weighted by Gasteiger charge is 2.22. The average Bonchev–Trinajstić information content (AvgIpc) is 2.26. The highest BCUT2D eigenvalue weighted by atomic mass is 32.2. The lowest BCUT2D eigenvalue weighted by Crippen LogP contribution is -2.43. The molecule has 17 heavy (non-hydrogen) atoms. The molecule has 0 aromatic rings. The summed E-state index contributed by atoms with van der Waals surface area (Å²) in [6.07, 6.45) is 2.76. The van der Waals surface area contributed by atoms with E-state index >= 15 is 0 Å². The normalized spacial score (nSPS) is 25.3. The van der Waals surface area contributed by atoms with Gasteiger partial charge in [0, 0.05) is 12.6 Å². The molecule has 100 valence electrons. The summed E-state index contributed by atoms with van der Waals surface area (Å²) in [4.78, 5) is 10.8. The minimum absolute atomic E-state index is 0.145. The van der Waals surface area contributed by atoms with Gasteiger partial charge in [0.2, 0.25) is 0 Å². The van der Waals surface area contributed by atoms with Gasteiger partial charge in [-0.15, -0.1) is 0 Å². The fraction of sp³-hybridized carbons (Fsp3) is 0.889. The molecule has 1 amide bonds. The van der Waals surface area contributed by atoms with E-state index in [1.54, 1.807) is 4.72 Å². The first-order valence-corrected chi connectivity index (χ1v) is 7.02. The van der Waals surface area contributed by atoms with E-state index in [2.05, 4.69) is 9.46 Å². The summed E-state index contributed by atoms with van der Waals surface area (Å²) in [5.41, 5.74) is 5.80. The van der Waals surface area contributed by atoms with E-state index in [0.717, 1.165) is 32.8 Å². The van der Waals surface area contributed by atoms with Gasteiger partial charge in [-0.3, -0.25) is 0 Å². The summed E-state index contributed by atoms with van der Waals surface area (Å²) in [6.45, 7) is 0.292. The number of nitrogens with one attached hydrogen (secondary N) is 2. The van der Waals surface area contributed by atoms with Crippen molar-refractivity contribution in [1.29, 1.82) is 0 Å². The highest BCUT2D eigenvalue weighted by molar-refractivity contribution is 7.88. The van der Waals surface area contributed by atoms with Gasteiger partial charge in [-0.25, -0.2) is 9.52 Å². The monoisotopic (exact) mass is 265 g/mol. The van der Waals surface area contributed by atoms with Crippen LogP contribution in [0.2, 0.25) is 0 Å². The number of carbonyl (C=O) groups is 1. The van der Waals surface area contributed by atoms with Crippen molar-refractivity contribution in [1.82, 2.24) is 9.44 Å². The van der Waals surface area contributed by atoms with Crippen LogP contribution in [0.15, 0.2) is 0 Å². The van der Waals surface area contributed by atoms with Crippen LogP contribution >= 0.6 is 0 Å². The van der Waals surface area contributed by atoms with Crippen LogP contribution in [0.1, 0.15) is 25.7 Å². The number of ether oxygens (including phenoxy) is 1. The van der Waals surface area contributed by atoms with Gasteiger partial charge in [0.25, 0.3) is 0 Å². The minimum Gasteiger partial charge on any atom is -0.452 e. The van der Waals surface area contributed by atoms with Gasteiger partial charge in [0.15, 0.2) is 0 Å². The van der Waals surface area contributed by atoms with E-state index in [4.69, 9.17) is 5.73 Å². The van der Waals surface area contributed by atoms with Gasteiger partial charge in [0.05, 0.1) is 7.11 Å². The Morgan fingerprint density at radius 2 is 2.18 bits per heavy atom. The first-order chi connectivity index (χ1) is 7.93. The summed E-state index contributed by atoms with van der Waals surface area (Å²) in [5, 5.41) is 0. The molecule has 1 saturated carbocycles. The van der Waals surface area contributed by atoms with E-state index in [1.165, 1.54) is 0 Å². The van der Waals surface area contributed by atoms with Crippen LogP contribution in [0.5, 0.6) is 0 Å². The van der Waals surface area contributed by atoms with E-state index in [-0.39, 0.29) is 12.0 Å². The van der Waals surface area contributed by atoms with Crippen molar-refractivity contribution in [2.24, 2.45) is 11.7 Å². The molecule has 0 bridgehead atoms. The smallest absolute Gasteiger partial charge is 0.421 e. The molecule has 1 fully saturated rings. The highest BCUT2D eigenvalue weighted by Crippen LogP contribution is 2.22. The predicted molar refractivity (Wildman–Crippen MR) is 62.4 cm³/mol. The Kier molecular flexibility index (Phi) is 5.16. The lowest BCUT2D eigenvalue weighted by atomic mass is 9.86. The van der Waals surface area contributed by atoms with Crippen molar-refractivity contribution in [3.63, 3.8) is 0 Å². The SMILES string of the molecule is COC(=O)NS(=O)(=O)NCC1CCCC(N)C1. The first-order valence-electron chi connectivity index (χ1n) is 5.54. The van der Waals surface area contributed by atoms with Crippen LogP contribution in [0.25, 0.3) is 0 Å². The number of methoxy groups -OCH3 is 1. The Bertz CT molecular complexity index is 357. The summed E-state index contributed by atoms with van der Waals surface area (Å²) >= 11 is 0. The molecule has 1 aliphatic rings. The van der Waals surface area contributed by atoms with E-state index in [1.807, 2.05) is 0 Å².